The minimum atomic E-state index is -0.558. The fraction of sp³-hybridized carbons (Fsp3) is 0.172. The van der Waals surface area contributed by atoms with Gasteiger partial charge in [0.2, 0.25) is 5.91 Å². The van der Waals surface area contributed by atoms with Crippen LogP contribution in [0.25, 0.3) is 10.9 Å². The normalized spacial score (nSPS) is 11.0. The van der Waals surface area contributed by atoms with Crippen molar-refractivity contribution >= 4 is 40.0 Å². The number of hydrogen-bond acceptors (Lipinski definition) is 8. The lowest BCUT2D eigenvalue weighted by molar-refractivity contribution is -0.138. The number of benzene rings is 3. The Hall–Kier alpha value is -4.76. The molecule has 4 rings (SSSR count). The van der Waals surface area contributed by atoms with Gasteiger partial charge in [0.05, 0.1) is 12.1 Å². The number of anilines is 3. The third kappa shape index (κ3) is 7.87. The van der Waals surface area contributed by atoms with Crippen LogP contribution in [-0.4, -0.2) is 54.0 Å². The lowest BCUT2D eigenvalue weighted by Gasteiger charge is -2.11. The first-order chi connectivity index (χ1) is 18.5. The zero-order valence-electron chi connectivity index (χ0n) is 21.3. The monoisotopic (exact) mass is 511 g/mol. The molecule has 9 heteroatoms. The minimum absolute atomic E-state index is 0.298. The van der Waals surface area contributed by atoms with Crippen LogP contribution in [0.1, 0.15) is 6.42 Å². The Morgan fingerprint density at radius 3 is 2.39 bits per heavy atom. The topological polar surface area (TPSA) is 106 Å². The number of fused-ring (bicyclic) bond motifs is 1. The van der Waals surface area contributed by atoms with Crippen molar-refractivity contribution in [3.8, 4) is 11.5 Å². The van der Waals surface area contributed by atoms with E-state index >= 15 is 0 Å². The molecule has 0 saturated heterocycles. The summed E-state index contributed by atoms with van der Waals surface area (Å²) in [6.45, 7) is 1.11. The molecular formula is C29H29N5O4. The van der Waals surface area contributed by atoms with E-state index in [9.17, 15) is 9.59 Å². The molecule has 0 unspecified atom stereocenters. The van der Waals surface area contributed by atoms with Gasteiger partial charge in [-0.05, 0) is 75.1 Å². The van der Waals surface area contributed by atoms with Crippen LogP contribution in [0.3, 0.4) is 0 Å². The number of esters is 1. The van der Waals surface area contributed by atoms with Crippen molar-refractivity contribution < 1.29 is 19.1 Å². The Labute approximate surface area is 221 Å². The van der Waals surface area contributed by atoms with Gasteiger partial charge in [-0.15, -0.1) is 0 Å². The zero-order valence-corrected chi connectivity index (χ0v) is 21.3. The molecule has 9 nitrogen and oxygen atoms in total. The summed E-state index contributed by atoms with van der Waals surface area (Å²) in [5.74, 6) is 1.05. The summed E-state index contributed by atoms with van der Waals surface area (Å²) in [4.78, 5) is 34.8. The molecule has 3 aromatic carbocycles. The number of nitrogens with zero attached hydrogens (tertiary/aromatic N) is 3. The molecule has 0 saturated carbocycles. The molecular weight excluding hydrogens is 482 g/mol. The van der Waals surface area contributed by atoms with Gasteiger partial charge in [-0.3, -0.25) is 4.79 Å². The Balaban J connectivity index is 1.38. The van der Waals surface area contributed by atoms with Gasteiger partial charge in [0.25, 0.3) is 0 Å². The van der Waals surface area contributed by atoms with Gasteiger partial charge < -0.3 is 25.0 Å². The van der Waals surface area contributed by atoms with Crippen LogP contribution in [0.2, 0.25) is 0 Å². The number of rotatable bonds is 11. The molecule has 1 amide bonds. The van der Waals surface area contributed by atoms with Gasteiger partial charge >= 0.3 is 5.97 Å². The van der Waals surface area contributed by atoms with E-state index in [-0.39, 0.29) is 0 Å². The number of aromatic nitrogens is 2. The first kappa shape index (κ1) is 26.3. The average molecular weight is 512 g/mol. The molecule has 0 radical (unpaired) electrons. The van der Waals surface area contributed by atoms with E-state index in [4.69, 9.17) is 9.47 Å². The predicted molar refractivity (Wildman–Crippen MR) is 148 cm³/mol. The lowest BCUT2D eigenvalue weighted by Crippen LogP contribution is -2.16. The highest BCUT2D eigenvalue weighted by Crippen LogP contribution is 2.28. The van der Waals surface area contributed by atoms with Crippen LogP contribution in [0.4, 0.5) is 17.2 Å². The van der Waals surface area contributed by atoms with E-state index in [0.29, 0.717) is 29.4 Å². The molecule has 1 aromatic heterocycles. The predicted octanol–water partition coefficient (Wildman–Crippen LogP) is 5.16. The molecule has 0 bridgehead atoms. The van der Waals surface area contributed by atoms with Crippen molar-refractivity contribution in [2.24, 2.45) is 0 Å². The van der Waals surface area contributed by atoms with E-state index in [2.05, 4.69) is 20.6 Å². The third-order valence-electron chi connectivity index (χ3n) is 5.36. The van der Waals surface area contributed by atoms with Crippen molar-refractivity contribution in [3.63, 3.8) is 0 Å². The second kappa shape index (κ2) is 13.0. The van der Waals surface area contributed by atoms with E-state index in [0.717, 1.165) is 41.9 Å². The second-order valence-electron chi connectivity index (χ2n) is 8.67. The smallest absolute Gasteiger partial charge is 0.330 e. The van der Waals surface area contributed by atoms with Crippen LogP contribution in [0, 0.1) is 0 Å². The Kier molecular flexibility index (Phi) is 8.98. The van der Waals surface area contributed by atoms with E-state index in [1.165, 1.54) is 6.33 Å². The van der Waals surface area contributed by atoms with Gasteiger partial charge in [-0.1, -0.05) is 18.2 Å². The van der Waals surface area contributed by atoms with Crippen LogP contribution in [-0.2, 0) is 14.3 Å². The van der Waals surface area contributed by atoms with Crippen molar-refractivity contribution in [1.29, 1.82) is 0 Å². The fourth-order valence-electron chi connectivity index (χ4n) is 3.53. The van der Waals surface area contributed by atoms with E-state index in [1.54, 1.807) is 18.2 Å². The van der Waals surface area contributed by atoms with Crippen molar-refractivity contribution in [2.75, 3.05) is 37.9 Å². The highest BCUT2D eigenvalue weighted by molar-refractivity contribution is 6.04. The molecule has 0 spiro atoms. The number of para-hydroxylation sites is 1. The maximum Gasteiger partial charge on any atom is 0.330 e. The number of ether oxygens (including phenoxy) is 2. The first-order valence-corrected chi connectivity index (χ1v) is 12.1. The molecule has 2 N–H and O–H groups in total. The van der Waals surface area contributed by atoms with Crippen LogP contribution < -0.4 is 15.4 Å². The molecule has 0 aliphatic carbocycles. The molecule has 0 fully saturated rings. The molecule has 4 aromatic rings. The van der Waals surface area contributed by atoms with E-state index < -0.39 is 11.9 Å². The standard InChI is InChI=1S/C29H29N5O4/c1-34(2)17-6-18-37-28(36)16-15-27(35)32-22-11-14-26-25(19-22)29(31-20-30-26)33-21-9-12-24(13-10-21)38-23-7-4-3-5-8-23/h3-5,7-16,19-20H,6,17-18H2,1-2H3,(H,32,35)(H,30,31,33)/b16-15+. The first-order valence-electron chi connectivity index (χ1n) is 12.1. The van der Waals surface area contributed by atoms with E-state index in [1.807, 2.05) is 73.6 Å². The molecule has 0 aliphatic heterocycles. The highest BCUT2D eigenvalue weighted by Gasteiger charge is 2.08. The van der Waals surface area contributed by atoms with Gasteiger partial charge in [0.15, 0.2) is 0 Å². The molecule has 194 valence electrons. The summed E-state index contributed by atoms with van der Waals surface area (Å²) >= 11 is 0. The molecule has 0 aliphatic rings. The number of amides is 1. The largest absolute Gasteiger partial charge is 0.462 e. The van der Waals surface area contributed by atoms with Crippen LogP contribution >= 0.6 is 0 Å². The number of nitrogens with one attached hydrogen (secondary N) is 2. The fourth-order valence-corrected chi connectivity index (χ4v) is 3.53. The van der Waals surface area contributed by atoms with Gasteiger partial charge in [-0.2, -0.15) is 0 Å². The third-order valence-corrected chi connectivity index (χ3v) is 5.36. The summed E-state index contributed by atoms with van der Waals surface area (Å²) < 4.78 is 10.9. The number of carbonyl (C=O) groups is 2. The lowest BCUT2D eigenvalue weighted by atomic mass is 10.2. The SMILES string of the molecule is CN(C)CCCOC(=O)/C=C/C(=O)Nc1ccc2ncnc(Nc3ccc(Oc4ccccc4)cc3)c2c1. The second-order valence-corrected chi connectivity index (χ2v) is 8.67. The minimum Gasteiger partial charge on any atom is -0.462 e. The summed E-state index contributed by atoms with van der Waals surface area (Å²) in [6, 6.07) is 22.4. The van der Waals surface area contributed by atoms with Crippen LogP contribution in [0.5, 0.6) is 11.5 Å². The number of hydrogen-bond donors (Lipinski definition) is 2. The maximum absolute atomic E-state index is 12.3. The van der Waals surface area contributed by atoms with Crippen LogP contribution in [0.15, 0.2) is 91.3 Å². The summed E-state index contributed by atoms with van der Waals surface area (Å²) in [7, 11) is 3.90. The van der Waals surface area contributed by atoms with Crippen molar-refractivity contribution in [2.45, 2.75) is 6.42 Å². The molecule has 0 atom stereocenters. The quantitative estimate of drug-likeness (QED) is 0.162. The highest BCUT2D eigenvalue weighted by atomic mass is 16.5. The Morgan fingerprint density at radius 2 is 1.63 bits per heavy atom. The van der Waals surface area contributed by atoms with Crippen molar-refractivity contribution in [3.05, 3.63) is 91.3 Å². The molecule has 1 heterocycles. The zero-order chi connectivity index (χ0) is 26.7. The van der Waals surface area contributed by atoms with Crippen molar-refractivity contribution in [1.82, 2.24) is 14.9 Å². The average Bonchev–Trinajstić information content (AvgIpc) is 2.92. The van der Waals surface area contributed by atoms with Gasteiger partial charge in [0.1, 0.15) is 23.6 Å². The van der Waals surface area contributed by atoms with Gasteiger partial charge in [0, 0.05) is 35.5 Å². The molecule has 38 heavy (non-hydrogen) atoms. The summed E-state index contributed by atoms with van der Waals surface area (Å²) in [6.07, 6.45) is 4.47. The summed E-state index contributed by atoms with van der Waals surface area (Å²) in [5, 5.41) is 6.77. The van der Waals surface area contributed by atoms with Gasteiger partial charge in [-0.25, -0.2) is 14.8 Å². The Morgan fingerprint density at radius 1 is 0.895 bits per heavy atom. The Bertz CT molecular complexity index is 1410. The summed E-state index contributed by atoms with van der Waals surface area (Å²) in [5.41, 5.74) is 2.06. The number of carbonyl (C=O) groups excluding carboxylic acids is 2. The maximum atomic E-state index is 12.3.